The minimum Gasteiger partial charge on any atom is -0.386 e. The quantitative estimate of drug-likeness (QED) is 0.393. The first-order chi connectivity index (χ1) is 12.5. The summed E-state index contributed by atoms with van der Waals surface area (Å²) < 4.78 is 9.51. The molecule has 0 aliphatic heterocycles. The van der Waals surface area contributed by atoms with Crippen LogP contribution in [0.15, 0.2) is 64.4 Å². The second-order valence-corrected chi connectivity index (χ2v) is 6.37. The van der Waals surface area contributed by atoms with Crippen molar-refractivity contribution in [2.75, 3.05) is 0 Å². The average Bonchev–Trinajstić information content (AvgIpc) is 3.07. The molecule has 0 saturated heterocycles. The van der Waals surface area contributed by atoms with E-state index >= 15 is 0 Å². The number of rotatable bonds is 0. The number of hydrogen-bond acceptors (Lipinski definition) is 6. The van der Waals surface area contributed by atoms with Crippen molar-refractivity contribution in [2.24, 2.45) is 0 Å². The zero-order valence-electron chi connectivity index (χ0n) is 12.9. The predicted octanol–water partition coefficient (Wildman–Crippen LogP) is 2.39. The monoisotopic (exact) mass is 342 g/mol. The molecule has 0 saturated carbocycles. The first-order valence-corrected chi connectivity index (χ1v) is 7.86. The third-order valence-electron chi connectivity index (χ3n) is 5.12. The van der Waals surface area contributed by atoms with E-state index in [1.165, 1.54) is 0 Å². The summed E-state index contributed by atoms with van der Waals surface area (Å²) in [7, 11) is 0. The van der Waals surface area contributed by atoms with Gasteiger partial charge < -0.3 is 8.83 Å². The van der Waals surface area contributed by atoms with Gasteiger partial charge in [-0.25, -0.2) is 19.2 Å². The van der Waals surface area contributed by atoms with Gasteiger partial charge in [0.05, 0.1) is 21.5 Å². The highest BCUT2D eigenvalue weighted by atomic mass is 16.4. The maximum atomic E-state index is 12.1. The van der Waals surface area contributed by atoms with Gasteiger partial charge in [0.25, 0.3) is 0 Å². The molecule has 0 unspecified atom stereocenters. The zero-order valence-corrected chi connectivity index (χ0v) is 12.9. The lowest BCUT2D eigenvalue weighted by molar-refractivity contribution is 0.500. The fourth-order valence-electron chi connectivity index (χ4n) is 4.09. The molecule has 0 bridgehead atoms. The second-order valence-electron chi connectivity index (χ2n) is 6.37. The van der Waals surface area contributed by atoms with Crippen LogP contribution >= 0.6 is 0 Å². The minimum atomic E-state index is -0.678. The van der Waals surface area contributed by atoms with E-state index in [1.807, 2.05) is 12.1 Å². The lowest BCUT2D eigenvalue weighted by atomic mass is 9.90. The van der Waals surface area contributed by atoms with Crippen molar-refractivity contribution in [1.29, 1.82) is 0 Å². The smallest absolute Gasteiger partial charge is 0.347 e. The topological polar surface area (TPSA) is 94.6 Å². The van der Waals surface area contributed by atoms with Gasteiger partial charge in [0, 0.05) is 0 Å². The van der Waals surface area contributed by atoms with E-state index in [4.69, 9.17) is 8.83 Å². The molecule has 0 aliphatic rings. The van der Waals surface area contributed by atoms with E-state index in [-0.39, 0.29) is 21.5 Å². The van der Waals surface area contributed by atoms with Crippen LogP contribution in [0.25, 0.3) is 53.9 Å². The first kappa shape index (κ1) is 13.5. The number of benzene rings is 4. The molecule has 0 spiro atoms. The Labute approximate surface area is 141 Å². The molecule has 0 fully saturated rings. The van der Waals surface area contributed by atoms with Crippen molar-refractivity contribution in [3.63, 3.8) is 0 Å². The fourth-order valence-corrected chi connectivity index (χ4v) is 4.09. The van der Waals surface area contributed by atoms with Crippen LogP contribution in [-0.2, 0) is 0 Å². The Morgan fingerprint density at radius 1 is 0.462 bits per heavy atom. The molecule has 0 aliphatic carbocycles. The Hall–Kier alpha value is -3.80. The van der Waals surface area contributed by atoms with Gasteiger partial charge in [-0.05, 0) is 44.5 Å². The molecule has 0 radical (unpaired) electrons. The Bertz CT molecular complexity index is 1620. The van der Waals surface area contributed by atoms with Crippen LogP contribution in [0.3, 0.4) is 0 Å². The van der Waals surface area contributed by atoms with Crippen molar-refractivity contribution in [3.05, 3.63) is 78.1 Å². The summed E-state index contributed by atoms with van der Waals surface area (Å²) in [6.45, 7) is 0. The Morgan fingerprint density at radius 3 is 1.31 bits per heavy atom. The summed E-state index contributed by atoms with van der Waals surface area (Å²) >= 11 is 0. The molecule has 6 aromatic rings. The highest BCUT2D eigenvalue weighted by molar-refractivity contribution is 6.32. The number of fused-ring (bicyclic) bond motifs is 4. The average molecular weight is 342 g/mol. The van der Waals surface area contributed by atoms with Gasteiger partial charge in [0.2, 0.25) is 0 Å². The number of furan rings is 2. The van der Waals surface area contributed by atoms with Gasteiger partial charge >= 0.3 is 22.5 Å². The third kappa shape index (κ3) is 1.35. The SMILES string of the molecule is O=c1oc(=O)c2c1cc1ccc3cc4c(=O)oc(=O)c4c4ccc2c1c34. The Kier molecular flexibility index (Phi) is 2.10. The molecule has 0 N–H and O–H groups in total. The van der Waals surface area contributed by atoms with Gasteiger partial charge in [0.1, 0.15) is 0 Å². The summed E-state index contributed by atoms with van der Waals surface area (Å²) in [5.74, 6) is 0. The predicted molar refractivity (Wildman–Crippen MR) is 97.1 cm³/mol. The summed E-state index contributed by atoms with van der Waals surface area (Å²) in [4.78, 5) is 48.2. The molecular formula is C20H6O6. The molecule has 6 heteroatoms. The molecule has 4 aromatic carbocycles. The second kappa shape index (κ2) is 4.05. The van der Waals surface area contributed by atoms with Crippen LogP contribution in [0.1, 0.15) is 0 Å². The Morgan fingerprint density at radius 2 is 0.885 bits per heavy atom. The summed E-state index contributed by atoms with van der Waals surface area (Å²) in [5, 5.41) is 5.12. The molecule has 122 valence electrons. The van der Waals surface area contributed by atoms with E-state index in [1.54, 1.807) is 24.3 Å². The lowest BCUT2D eigenvalue weighted by Gasteiger charge is -2.11. The standard InChI is InChI=1S/C20H6O6/c21-17-11-5-7-1-2-8-6-12-16(20(24)26-18(12)22)10-4-3-9(13(7)14(8)10)15(11)19(23)25-17/h1-6H. The summed E-state index contributed by atoms with van der Waals surface area (Å²) in [6, 6.07) is 10.2. The van der Waals surface area contributed by atoms with Crippen molar-refractivity contribution in [1.82, 2.24) is 0 Å². The van der Waals surface area contributed by atoms with Crippen LogP contribution in [0.5, 0.6) is 0 Å². The first-order valence-electron chi connectivity index (χ1n) is 7.86. The molecule has 0 amide bonds. The van der Waals surface area contributed by atoms with Gasteiger partial charge in [-0.2, -0.15) is 0 Å². The van der Waals surface area contributed by atoms with Crippen molar-refractivity contribution in [2.45, 2.75) is 0 Å². The molecule has 6 rings (SSSR count). The van der Waals surface area contributed by atoms with Crippen molar-refractivity contribution < 1.29 is 8.83 Å². The maximum absolute atomic E-state index is 12.1. The van der Waals surface area contributed by atoms with E-state index in [0.717, 1.165) is 21.5 Å². The Balaban J connectivity index is 2.07. The van der Waals surface area contributed by atoms with Gasteiger partial charge in [-0.1, -0.05) is 24.3 Å². The van der Waals surface area contributed by atoms with E-state index in [9.17, 15) is 19.2 Å². The van der Waals surface area contributed by atoms with Gasteiger partial charge in [-0.3, -0.25) is 0 Å². The molecule has 0 atom stereocenters. The van der Waals surface area contributed by atoms with Crippen LogP contribution in [0, 0.1) is 0 Å². The van der Waals surface area contributed by atoms with E-state index < -0.39 is 22.5 Å². The normalized spacial score (nSPS) is 12.5. The van der Waals surface area contributed by atoms with Crippen molar-refractivity contribution >= 4 is 53.9 Å². The maximum Gasteiger partial charge on any atom is 0.347 e. The van der Waals surface area contributed by atoms with E-state index in [0.29, 0.717) is 10.8 Å². The third-order valence-corrected chi connectivity index (χ3v) is 5.12. The van der Waals surface area contributed by atoms with Crippen LogP contribution in [0.4, 0.5) is 0 Å². The molecular weight excluding hydrogens is 336 g/mol. The van der Waals surface area contributed by atoms with Gasteiger partial charge in [-0.15, -0.1) is 0 Å². The molecule has 2 aromatic heterocycles. The minimum absolute atomic E-state index is 0.232. The summed E-state index contributed by atoms with van der Waals surface area (Å²) in [6.07, 6.45) is 0. The van der Waals surface area contributed by atoms with Crippen LogP contribution in [0.2, 0.25) is 0 Å². The summed E-state index contributed by atoms with van der Waals surface area (Å²) in [5.41, 5.74) is -2.68. The largest absolute Gasteiger partial charge is 0.386 e. The highest BCUT2D eigenvalue weighted by Crippen LogP contribution is 2.39. The lowest BCUT2D eigenvalue weighted by Crippen LogP contribution is -1.96. The highest BCUT2D eigenvalue weighted by Gasteiger charge is 2.20. The van der Waals surface area contributed by atoms with Gasteiger partial charge in [0.15, 0.2) is 0 Å². The molecule has 26 heavy (non-hydrogen) atoms. The molecule has 2 heterocycles. The van der Waals surface area contributed by atoms with Crippen LogP contribution in [-0.4, -0.2) is 0 Å². The number of hydrogen-bond donors (Lipinski definition) is 0. The zero-order chi connectivity index (χ0) is 17.7. The fraction of sp³-hybridized carbons (Fsp3) is 0. The molecule has 6 nitrogen and oxygen atoms in total. The van der Waals surface area contributed by atoms with E-state index in [2.05, 4.69) is 0 Å². The van der Waals surface area contributed by atoms with Crippen molar-refractivity contribution in [3.8, 4) is 0 Å². The van der Waals surface area contributed by atoms with Crippen LogP contribution < -0.4 is 22.5 Å².